The van der Waals surface area contributed by atoms with E-state index < -0.39 is 0 Å². The predicted molar refractivity (Wildman–Crippen MR) is 55.4 cm³/mol. The summed E-state index contributed by atoms with van der Waals surface area (Å²) in [7, 11) is 0. The highest BCUT2D eigenvalue weighted by atomic mass is 35.5. The van der Waals surface area contributed by atoms with E-state index in [-0.39, 0.29) is 0 Å². The summed E-state index contributed by atoms with van der Waals surface area (Å²) in [5.74, 6) is 0. The molecular formula is C11H13Cl. The summed E-state index contributed by atoms with van der Waals surface area (Å²) in [5, 5.41) is 0.612. The zero-order valence-corrected chi connectivity index (χ0v) is 8.28. The minimum absolute atomic E-state index is 0.612. The molecule has 0 radical (unpaired) electrons. The Morgan fingerprint density at radius 2 is 2.17 bits per heavy atom. The van der Waals surface area contributed by atoms with Crippen LogP contribution in [0.25, 0.3) is 5.03 Å². The third kappa shape index (κ3) is 1.89. The summed E-state index contributed by atoms with van der Waals surface area (Å²) in [6, 6.07) is 6.20. The van der Waals surface area contributed by atoms with E-state index in [2.05, 4.69) is 32.6 Å². The lowest BCUT2D eigenvalue weighted by Crippen LogP contribution is -1.87. The van der Waals surface area contributed by atoms with Crippen LogP contribution >= 0.6 is 11.6 Å². The molecule has 0 aliphatic rings. The molecule has 0 spiro atoms. The Labute approximate surface area is 78.9 Å². The maximum absolute atomic E-state index is 5.78. The Bertz CT molecular complexity index is 300. The highest BCUT2D eigenvalue weighted by Crippen LogP contribution is 2.19. The van der Waals surface area contributed by atoms with Crippen LogP contribution in [0.5, 0.6) is 0 Å². The summed E-state index contributed by atoms with van der Waals surface area (Å²) in [6.07, 6.45) is 1.07. The minimum atomic E-state index is 0.612. The highest BCUT2D eigenvalue weighted by molar-refractivity contribution is 6.48. The minimum Gasteiger partial charge on any atom is -0.0843 e. The molecule has 1 heteroatoms. The standard InChI is InChI=1S/C11H13Cl/c1-4-10-5-6-11(9(3)12)7-8(10)2/h5-7H,3-4H2,1-2H3. The molecule has 0 amide bonds. The van der Waals surface area contributed by atoms with Crippen LogP contribution in [-0.4, -0.2) is 0 Å². The van der Waals surface area contributed by atoms with Crippen molar-refractivity contribution in [3.8, 4) is 0 Å². The first-order chi connectivity index (χ1) is 5.65. The fourth-order valence-electron chi connectivity index (χ4n) is 1.26. The van der Waals surface area contributed by atoms with Gasteiger partial charge in [-0.05, 0) is 30.0 Å². The SMILES string of the molecule is C=C(Cl)c1ccc(CC)c(C)c1. The second-order valence-corrected chi connectivity index (χ2v) is 3.36. The van der Waals surface area contributed by atoms with Crippen LogP contribution in [0.3, 0.4) is 0 Å². The lowest BCUT2D eigenvalue weighted by molar-refractivity contribution is 1.11. The Morgan fingerprint density at radius 3 is 2.58 bits per heavy atom. The zero-order valence-electron chi connectivity index (χ0n) is 7.52. The molecule has 0 saturated heterocycles. The Kier molecular flexibility index (Phi) is 2.93. The summed E-state index contributed by atoms with van der Waals surface area (Å²) in [4.78, 5) is 0. The van der Waals surface area contributed by atoms with Gasteiger partial charge in [0.25, 0.3) is 0 Å². The Hall–Kier alpha value is -0.750. The van der Waals surface area contributed by atoms with Gasteiger partial charge < -0.3 is 0 Å². The normalized spacial score (nSPS) is 9.92. The van der Waals surface area contributed by atoms with Gasteiger partial charge in [-0.3, -0.25) is 0 Å². The van der Waals surface area contributed by atoms with Crippen LogP contribution in [-0.2, 0) is 6.42 Å². The predicted octanol–water partition coefficient (Wildman–Crippen LogP) is 3.77. The van der Waals surface area contributed by atoms with Gasteiger partial charge in [0.2, 0.25) is 0 Å². The molecule has 1 aromatic carbocycles. The molecule has 64 valence electrons. The van der Waals surface area contributed by atoms with Gasteiger partial charge in [-0.1, -0.05) is 43.3 Å². The average Bonchev–Trinajstić information content (AvgIpc) is 2.04. The fraction of sp³-hybridized carbons (Fsp3) is 0.273. The molecule has 0 saturated carbocycles. The molecule has 0 nitrogen and oxygen atoms in total. The maximum atomic E-state index is 5.78. The molecule has 0 atom stereocenters. The van der Waals surface area contributed by atoms with E-state index in [4.69, 9.17) is 11.6 Å². The lowest BCUT2D eigenvalue weighted by Gasteiger charge is -2.04. The van der Waals surface area contributed by atoms with E-state index in [0.29, 0.717) is 5.03 Å². The van der Waals surface area contributed by atoms with E-state index in [1.807, 2.05) is 6.07 Å². The number of benzene rings is 1. The summed E-state index contributed by atoms with van der Waals surface area (Å²) < 4.78 is 0. The molecule has 0 aliphatic heterocycles. The van der Waals surface area contributed by atoms with E-state index in [1.165, 1.54) is 11.1 Å². The van der Waals surface area contributed by atoms with Gasteiger partial charge in [0.15, 0.2) is 0 Å². The second kappa shape index (κ2) is 3.77. The Morgan fingerprint density at radius 1 is 1.50 bits per heavy atom. The second-order valence-electron chi connectivity index (χ2n) is 2.90. The van der Waals surface area contributed by atoms with Crippen molar-refractivity contribution in [2.75, 3.05) is 0 Å². The monoisotopic (exact) mass is 180 g/mol. The molecule has 0 aliphatic carbocycles. The Balaban J connectivity index is 3.10. The summed E-state index contributed by atoms with van der Waals surface area (Å²) >= 11 is 5.78. The molecule has 1 rings (SSSR count). The topological polar surface area (TPSA) is 0 Å². The smallest absolute Gasteiger partial charge is 0.0406 e. The number of hydrogen-bond donors (Lipinski definition) is 0. The van der Waals surface area contributed by atoms with Crippen molar-refractivity contribution in [1.29, 1.82) is 0 Å². The van der Waals surface area contributed by atoms with Crippen molar-refractivity contribution in [1.82, 2.24) is 0 Å². The maximum Gasteiger partial charge on any atom is 0.0406 e. The zero-order chi connectivity index (χ0) is 9.14. The van der Waals surface area contributed by atoms with Crippen molar-refractivity contribution < 1.29 is 0 Å². The third-order valence-electron chi connectivity index (χ3n) is 2.04. The molecule has 1 aromatic rings. The van der Waals surface area contributed by atoms with E-state index >= 15 is 0 Å². The molecule has 0 heterocycles. The molecule has 0 unspecified atom stereocenters. The van der Waals surface area contributed by atoms with Gasteiger partial charge >= 0.3 is 0 Å². The lowest BCUT2D eigenvalue weighted by atomic mass is 10.0. The number of aryl methyl sites for hydroxylation is 2. The summed E-state index contributed by atoms with van der Waals surface area (Å²) in [5.41, 5.74) is 3.68. The van der Waals surface area contributed by atoms with Gasteiger partial charge in [0.05, 0.1) is 0 Å². The van der Waals surface area contributed by atoms with Gasteiger partial charge in [-0.15, -0.1) is 0 Å². The van der Waals surface area contributed by atoms with Crippen molar-refractivity contribution in [3.05, 3.63) is 41.5 Å². The van der Waals surface area contributed by atoms with Gasteiger partial charge in [0, 0.05) is 5.03 Å². The molecule has 0 aromatic heterocycles. The van der Waals surface area contributed by atoms with E-state index in [0.717, 1.165) is 12.0 Å². The first kappa shape index (κ1) is 9.34. The van der Waals surface area contributed by atoms with E-state index in [1.54, 1.807) is 0 Å². The van der Waals surface area contributed by atoms with Crippen LogP contribution < -0.4 is 0 Å². The number of hydrogen-bond acceptors (Lipinski definition) is 0. The van der Waals surface area contributed by atoms with Crippen LogP contribution in [0.2, 0.25) is 0 Å². The quantitative estimate of drug-likeness (QED) is 0.650. The van der Waals surface area contributed by atoms with Gasteiger partial charge in [0.1, 0.15) is 0 Å². The van der Waals surface area contributed by atoms with Crippen LogP contribution in [0, 0.1) is 6.92 Å². The largest absolute Gasteiger partial charge is 0.0843 e. The van der Waals surface area contributed by atoms with Crippen LogP contribution in [0.1, 0.15) is 23.6 Å². The highest BCUT2D eigenvalue weighted by Gasteiger charge is 1.98. The number of halogens is 1. The van der Waals surface area contributed by atoms with Crippen molar-refractivity contribution >= 4 is 16.6 Å². The molecule has 0 N–H and O–H groups in total. The molecule has 12 heavy (non-hydrogen) atoms. The van der Waals surface area contributed by atoms with E-state index in [9.17, 15) is 0 Å². The number of rotatable bonds is 2. The molecule has 0 bridgehead atoms. The van der Waals surface area contributed by atoms with Gasteiger partial charge in [-0.2, -0.15) is 0 Å². The van der Waals surface area contributed by atoms with Gasteiger partial charge in [-0.25, -0.2) is 0 Å². The fourth-order valence-corrected chi connectivity index (χ4v) is 1.38. The van der Waals surface area contributed by atoms with Crippen molar-refractivity contribution in [3.63, 3.8) is 0 Å². The third-order valence-corrected chi connectivity index (χ3v) is 2.25. The molecule has 0 fully saturated rings. The molecular weight excluding hydrogens is 168 g/mol. The average molecular weight is 181 g/mol. The van der Waals surface area contributed by atoms with Crippen LogP contribution in [0.4, 0.5) is 0 Å². The summed E-state index contributed by atoms with van der Waals surface area (Å²) in [6.45, 7) is 7.94. The van der Waals surface area contributed by atoms with Crippen molar-refractivity contribution in [2.45, 2.75) is 20.3 Å². The van der Waals surface area contributed by atoms with Crippen LogP contribution in [0.15, 0.2) is 24.8 Å². The first-order valence-corrected chi connectivity index (χ1v) is 4.47. The van der Waals surface area contributed by atoms with Crippen molar-refractivity contribution in [2.24, 2.45) is 0 Å². The first-order valence-electron chi connectivity index (χ1n) is 4.09.